The van der Waals surface area contributed by atoms with Crippen LogP contribution in [0.4, 0.5) is 0 Å². The number of benzene rings is 2. The number of hydrogen-bond donors (Lipinski definition) is 2. The van der Waals surface area contributed by atoms with E-state index in [9.17, 15) is 0 Å². The average molecular weight is 510 g/mol. The van der Waals surface area contributed by atoms with Crippen molar-refractivity contribution >= 4 is 29.9 Å². The van der Waals surface area contributed by atoms with Gasteiger partial charge < -0.3 is 20.1 Å². The van der Waals surface area contributed by atoms with E-state index in [4.69, 9.17) is 9.47 Å². The summed E-state index contributed by atoms with van der Waals surface area (Å²) in [5, 5.41) is 6.70. The minimum atomic E-state index is 0. The third-order valence-electron chi connectivity index (χ3n) is 4.90. The van der Waals surface area contributed by atoms with E-state index in [-0.39, 0.29) is 24.0 Å². The second-order valence-electron chi connectivity index (χ2n) is 6.74. The van der Waals surface area contributed by atoms with E-state index in [2.05, 4.69) is 58.6 Å². The van der Waals surface area contributed by atoms with Crippen molar-refractivity contribution in [3.63, 3.8) is 0 Å². The largest absolute Gasteiger partial charge is 0.454 e. The summed E-state index contributed by atoms with van der Waals surface area (Å²) in [6, 6.07) is 14.7. The highest BCUT2D eigenvalue weighted by Crippen LogP contribution is 2.32. The molecular formula is C22H31IN4O2. The topological polar surface area (TPSA) is 58.1 Å². The Kier molecular flexibility index (Phi) is 9.53. The number of ether oxygens (including phenoxy) is 2. The lowest BCUT2D eigenvalue weighted by molar-refractivity contribution is 0.174. The molecule has 0 saturated heterocycles. The van der Waals surface area contributed by atoms with Crippen molar-refractivity contribution in [1.29, 1.82) is 0 Å². The predicted molar refractivity (Wildman–Crippen MR) is 128 cm³/mol. The van der Waals surface area contributed by atoms with E-state index in [1.165, 1.54) is 11.1 Å². The number of nitrogens with one attached hydrogen (secondary N) is 2. The number of fused-ring (bicyclic) bond motifs is 1. The van der Waals surface area contributed by atoms with Crippen molar-refractivity contribution in [2.45, 2.75) is 33.5 Å². The van der Waals surface area contributed by atoms with E-state index < -0.39 is 0 Å². The number of aliphatic imine (C=N–C) groups is 1. The summed E-state index contributed by atoms with van der Waals surface area (Å²) >= 11 is 0. The predicted octanol–water partition coefficient (Wildman–Crippen LogP) is 3.74. The Morgan fingerprint density at radius 2 is 1.48 bits per heavy atom. The molecule has 1 aliphatic rings. The molecule has 2 aromatic carbocycles. The van der Waals surface area contributed by atoms with Gasteiger partial charge in [0.2, 0.25) is 6.79 Å². The van der Waals surface area contributed by atoms with Crippen LogP contribution in [0.3, 0.4) is 0 Å². The first kappa shape index (κ1) is 23.3. The summed E-state index contributed by atoms with van der Waals surface area (Å²) in [7, 11) is 1.78. The van der Waals surface area contributed by atoms with Gasteiger partial charge in [-0.1, -0.05) is 44.2 Å². The molecule has 29 heavy (non-hydrogen) atoms. The Balaban J connectivity index is 0.00000300. The smallest absolute Gasteiger partial charge is 0.231 e. The Labute approximate surface area is 190 Å². The second-order valence-corrected chi connectivity index (χ2v) is 6.74. The van der Waals surface area contributed by atoms with Crippen molar-refractivity contribution in [3.05, 3.63) is 59.2 Å². The SMILES string of the molecule is CCN(CC)Cc1ccc(CNC(=NC)NCc2ccc3c(c2)OCO3)cc1.I. The number of rotatable bonds is 8. The number of guanidine groups is 1. The highest BCUT2D eigenvalue weighted by atomic mass is 127. The van der Waals surface area contributed by atoms with Gasteiger partial charge in [-0.2, -0.15) is 0 Å². The fourth-order valence-corrected chi connectivity index (χ4v) is 3.11. The fraction of sp³-hybridized carbons (Fsp3) is 0.409. The summed E-state index contributed by atoms with van der Waals surface area (Å²) in [6.07, 6.45) is 0. The maximum atomic E-state index is 5.43. The van der Waals surface area contributed by atoms with Crippen molar-refractivity contribution in [2.75, 3.05) is 26.9 Å². The first-order valence-corrected chi connectivity index (χ1v) is 9.85. The van der Waals surface area contributed by atoms with Crippen LogP contribution in [0.5, 0.6) is 11.5 Å². The van der Waals surface area contributed by atoms with Gasteiger partial charge in [0.1, 0.15) is 0 Å². The van der Waals surface area contributed by atoms with Crippen molar-refractivity contribution in [1.82, 2.24) is 15.5 Å². The van der Waals surface area contributed by atoms with Gasteiger partial charge in [-0.15, -0.1) is 24.0 Å². The summed E-state index contributed by atoms with van der Waals surface area (Å²) in [4.78, 5) is 6.71. The molecule has 0 spiro atoms. The summed E-state index contributed by atoms with van der Waals surface area (Å²) in [5.41, 5.74) is 3.69. The molecule has 1 heterocycles. The van der Waals surface area contributed by atoms with Crippen molar-refractivity contribution in [3.8, 4) is 11.5 Å². The molecule has 0 atom stereocenters. The lowest BCUT2D eigenvalue weighted by Crippen LogP contribution is -2.36. The first-order valence-electron chi connectivity index (χ1n) is 9.85. The molecule has 158 valence electrons. The van der Waals surface area contributed by atoms with E-state index in [0.29, 0.717) is 13.3 Å². The quantitative estimate of drug-likeness (QED) is 0.322. The van der Waals surface area contributed by atoms with Gasteiger partial charge in [-0.3, -0.25) is 9.89 Å². The highest BCUT2D eigenvalue weighted by Gasteiger charge is 2.13. The lowest BCUT2D eigenvalue weighted by atomic mass is 10.1. The molecule has 0 aromatic heterocycles. The molecule has 2 aromatic rings. The minimum Gasteiger partial charge on any atom is -0.454 e. The number of halogens is 1. The molecule has 0 radical (unpaired) electrons. The molecule has 6 nitrogen and oxygen atoms in total. The molecule has 0 aliphatic carbocycles. The monoisotopic (exact) mass is 510 g/mol. The third kappa shape index (κ3) is 6.78. The van der Waals surface area contributed by atoms with E-state index in [1.54, 1.807) is 7.05 Å². The molecule has 7 heteroatoms. The highest BCUT2D eigenvalue weighted by molar-refractivity contribution is 14.0. The van der Waals surface area contributed by atoms with Crippen LogP contribution in [0.25, 0.3) is 0 Å². The zero-order valence-electron chi connectivity index (χ0n) is 17.4. The van der Waals surface area contributed by atoms with Gasteiger partial charge in [0.15, 0.2) is 17.5 Å². The molecule has 2 N–H and O–H groups in total. The minimum absolute atomic E-state index is 0. The molecular weight excluding hydrogens is 479 g/mol. The van der Waals surface area contributed by atoms with E-state index >= 15 is 0 Å². The summed E-state index contributed by atoms with van der Waals surface area (Å²) < 4.78 is 10.8. The molecule has 0 fully saturated rings. The van der Waals surface area contributed by atoms with E-state index in [0.717, 1.165) is 49.2 Å². The molecule has 0 unspecified atom stereocenters. The summed E-state index contributed by atoms with van der Waals surface area (Å²) in [6.45, 7) is 9.23. The lowest BCUT2D eigenvalue weighted by Gasteiger charge is -2.18. The van der Waals surface area contributed by atoms with Crippen molar-refractivity contribution < 1.29 is 9.47 Å². The van der Waals surface area contributed by atoms with Crippen LogP contribution in [0, 0.1) is 0 Å². The van der Waals surface area contributed by atoms with Gasteiger partial charge in [0.25, 0.3) is 0 Å². The number of nitrogens with zero attached hydrogens (tertiary/aromatic N) is 2. The Morgan fingerprint density at radius 3 is 2.14 bits per heavy atom. The maximum Gasteiger partial charge on any atom is 0.231 e. The second kappa shape index (κ2) is 11.9. The van der Waals surface area contributed by atoms with E-state index in [1.807, 2.05) is 18.2 Å². The van der Waals surface area contributed by atoms with Crippen LogP contribution in [-0.4, -0.2) is 37.8 Å². The zero-order chi connectivity index (χ0) is 19.8. The number of hydrogen-bond acceptors (Lipinski definition) is 4. The van der Waals surface area contributed by atoms with Crippen LogP contribution >= 0.6 is 24.0 Å². The molecule has 3 rings (SSSR count). The first-order chi connectivity index (χ1) is 13.7. The third-order valence-corrected chi connectivity index (χ3v) is 4.90. The normalized spacial score (nSPS) is 12.6. The Hall–Kier alpha value is -2.00. The molecule has 0 saturated carbocycles. The Morgan fingerprint density at radius 1 is 0.897 bits per heavy atom. The van der Waals surface area contributed by atoms with Crippen molar-refractivity contribution in [2.24, 2.45) is 4.99 Å². The van der Waals surface area contributed by atoms with Gasteiger partial charge in [0.05, 0.1) is 0 Å². The van der Waals surface area contributed by atoms with Gasteiger partial charge in [0, 0.05) is 26.7 Å². The van der Waals surface area contributed by atoms with Gasteiger partial charge in [-0.05, 0) is 41.9 Å². The van der Waals surface area contributed by atoms with Crippen LogP contribution in [0.15, 0.2) is 47.5 Å². The molecule has 1 aliphatic heterocycles. The summed E-state index contributed by atoms with van der Waals surface area (Å²) in [5.74, 6) is 2.37. The van der Waals surface area contributed by atoms with Crippen LogP contribution < -0.4 is 20.1 Å². The van der Waals surface area contributed by atoms with Crippen LogP contribution in [-0.2, 0) is 19.6 Å². The van der Waals surface area contributed by atoms with Crippen LogP contribution in [0.1, 0.15) is 30.5 Å². The van der Waals surface area contributed by atoms with Crippen LogP contribution in [0.2, 0.25) is 0 Å². The molecule has 0 bridgehead atoms. The maximum absolute atomic E-state index is 5.43. The molecule has 0 amide bonds. The average Bonchev–Trinajstić information content (AvgIpc) is 3.21. The van der Waals surface area contributed by atoms with Gasteiger partial charge >= 0.3 is 0 Å². The zero-order valence-corrected chi connectivity index (χ0v) is 19.7. The van der Waals surface area contributed by atoms with Gasteiger partial charge in [-0.25, -0.2) is 0 Å². The fourth-order valence-electron chi connectivity index (χ4n) is 3.11. The Bertz CT molecular complexity index is 792. The standard InChI is InChI=1S/C22H30N4O2.HI/c1-4-26(5-2)15-18-8-6-17(7-9-18)13-24-22(23-3)25-14-19-10-11-20-21(12-19)28-16-27-20;/h6-12H,4-5,13-16H2,1-3H3,(H2,23,24,25);1H.